The van der Waals surface area contributed by atoms with Crippen LogP contribution in [0.4, 0.5) is 0 Å². The Labute approximate surface area is 196 Å². The fourth-order valence-corrected chi connectivity index (χ4v) is 3.84. The van der Waals surface area contributed by atoms with E-state index in [2.05, 4.69) is 43.5 Å². The van der Waals surface area contributed by atoms with Crippen molar-refractivity contribution in [3.8, 4) is 11.5 Å². The Balaban J connectivity index is 1.97. The number of aliphatic imine (C=N–C) groups is 1. The lowest BCUT2D eigenvalue weighted by molar-refractivity contribution is -0.132. The quantitative estimate of drug-likeness (QED) is 0.200. The SMILES string of the molecule is COc1cc(/C=C2\N=C(c3ccc(I)c(Br)c3)OC2=O)cc(I)c1OC(C)=O. The zero-order valence-corrected chi connectivity index (χ0v) is 20.5. The van der Waals surface area contributed by atoms with E-state index in [1.54, 1.807) is 18.2 Å². The van der Waals surface area contributed by atoms with Crippen LogP contribution in [0.3, 0.4) is 0 Å². The van der Waals surface area contributed by atoms with Crippen molar-refractivity contribution in [1.82, 2.24) is 0 Å². The van der Waals surface area contributed by atoms with Gasteiger partial charge in [-0.1, -0.05) is 0 Å². The zero-order valence-electron chi connectivity index (χ0n) is 14.6. The number of halogens is 3. The van der Waals surface area contributed by atoms with Crippen molar-refractivity contribution in [3.63, 3.8) is 0 Å². The van der Waals surface area contributed by atoms with Gasteiger partial charge in [0.2, 0.25) is 5.90 Å². The first kappa shape index (κ1) is 21.2. The summed E-state index contributed by atoms with van der Waals surface area (Å²) in [5, 5.41) is 0. The number of hydrogen-bond acceptors (Lipinski definition) is 6. The van der Waals surface area contributed by atoms with Gasteiger partial charge < -0.3 is 14.2 Å². The van der Waals surface area contributed by atoms with Crippen LogP contribution in [-0.2, 0) is 14.3 Å². The van der Waals surface area contributed by atoms with Crippen LogP contribution in [0.15, 0.2) is 45.5 Å². The number of carbonyl (C=O) groups excluding carboxylic acids is 2. The van der Waals surface area contributed by atoms with Crippen molar-refractivity contribution in [2.75, 3.05) is 7.11 Å². The number of cyclic esters (lactones) is 1. The van der Waals surface area contributed by atoms with E-state index in [1.807, 2.05) is 40.8 Å². The molecule has 0 saturated carbocycles. The number of benzene rings is 2. The second kappa shape index (κ2) is 8.91. The van der Waals surface area contributed by atoms with E-state index >= 15 is 0 Å². The Hall–Kier alpha value is -1.47. The molecule has 0 fully saturated rings. The third-order valence-electron chi connectivity index (χ3n) is 3.59. The topological polar surface area (TPSA) is 74.2 Å². The van der Waals surface area contributed by atoms with Crippen molar-refractivity contribution in [2.45, 2.75) is 6.92 Å². The van der Waals surface area contributed by atoms with Gasteiger partial charge in [0.15, 0.2) is 17.2 Å². The first-order valence-electron chi connectivity index (χ1n) is 7.82. The van der Waals surface area contributed by atoms with Crippen molar-refractivity contribution in [2.24, 2.45) is 4.99 Å². The smallest absolute Gasteiger partial charge is 0.363 e. The Morgan fingerprint density at radius 3 is 2.61 bits per heavy atom. The Kier molecular flexibility index (Phi) is 6.76. The van der Waals surface area contributed by atoms with E-state index in [1.165, 1.54) is 14.0 Å². The van der Waals surface area contributed by atoms with Crippen molar-refractivity contribution >= 4 is 85.0 Å². The highest BCUT2D eigenvalue weighted by Gasteiger charge is 2.25. The standard InChI is InChI=1S/C19H12BrI2NO5/c1-9(24)27-17-14(22)5-10(7-16(17)26-2)6-15-19(25)28-18(23-15)11-3-4-13(21)12(20)8-11/h3-8H,1-2H3/b15-6-. The normalized spacial score (nSPS) is 14.7. The molecule has 0 aromatic heterocycles. The number of nitrogens with zero attached hydrogens (tertiary/aromatic N) is 1. The van der Waals surface area contributed by atoms with E-state index < -0.39 is 11.9 Å². The number of carbonyl (C=O) groups is 2. The maximum atomic E-state index is 12.2. The van der Waals surface area contributed by atoms with Gasteiger partial charge in [-0.3, -0.25) is 4.79 Å². The third-order valence-corrected chi connectivity index (χ3v) is 6.73. The van der Waals surface area contributed by atoms with Gasteiger partial charge in [-0.15, -0.1) is 0 Å². The predicted molar refractivity (Wildman–Crippen MR) is 124 cm³/mol. The molecule has 0 spiro atoms. The van der Waals surface area contributed by atoms with Crippen molar-refractivity contribution in [3.05, 3.63) is 58.8 Å². The minimum Gasteiger partial charge on any atom is -0.493 e. The van der Waals surface area contributed by atoms with Gasteiger partial charge in [0.1, 0.15) is 0 Å². The van der Waals surface area contributed by atoms with Gasteiger partial charge >= 0.3 is 11.9 Å². The van der Waals surface area contributed by atoms with E-state index in [0.29, 0.717) is 26.2 Å². The molecule has 3 rings (SSSR count). The molecule has 9 heteroatoms. The summed E-state index contributed by atoms with van der Waals surface area (Å²) in [6.07, 6.45) is 1.60. The fourth-order valence-electron chi connectivity index (χ4n) is 2.39. The number of rotatable bonds is 4. The highest BCUT2D eigenvalue weighted by molar-refractivity contribution is 14.1. The molecule has 28 heavy (non-hydrogen) atoms. The second-order valence-electron chi connectivity index (χ2n) is 5.59. The molecule has 0 N–H and O–H groups in total. The van der Waals surface area contributed by atoms with Gasteiger partial charge in [-0.2, -0.15) is 0 Å². The lowest BCUT2D eigenvalue weighted by Crippen LogP contribution is -2.06. The van der Waals surface area contributed by atoms with Crippen LogP contribution >= 0.6 is 61.1 Å². The molecule has 1 heterocycles. The van der Waals surface area contributed by atoms with Crippen LogP contribution in [0.2, 0.25) is 0 Å². The molecular weight excluding hydrogens is 656 g/mol. The van der Waals surface area contributed by atoms with Crippen LogP contribution in [0.25, 0.3) is 6.08 Å². The number of methoxy groups -OCH3 is 1. The minimum absolute atomic E-state index is 0.169. The van der Waals surface area contributed by atoms with Crippen molar-refractivity contribution < 1.29 is 23.8 Å². The summed E-state index contributed by atoms with van der Waals surface area (Å²) in [4.78, 5) is 27.8. The van der Waals surface area contributed by atoms with E-state index in [0.717, 1.165) is 8.04 Å². The number of ether oxygens (including phenoxy) is 3. The molecule has 0 saturated heterocycles. The summed E-state index contributed by atoms with van der Waals surface area (Å²) in [6.45, 7) is 1.32. The van der Waals surface area contributed by atoms with Crippen LogP contribution in [-0.4, -0.2) is 24.9 Å². The van der Waals surface area contributed by atoms with Crippen LogP contribution in [0.1, 0.15) is 18.1 Å². The highest BCUT2D eigenvalue weighted by Crippen LogP contribution is 2.35. The molecule has 144 valence electrons. The molecular formula is C19H12BrI2NO5. The second-order valence-corrected chi connectivity index (χ2v) is 8.77. The molecule has 0 aliphatic carbocycles. The number of esters is 2. The predicted octanol–water partition coefficient (Wildman–Crippen LogP) is 4.94. The Bertz CT molecular complexity index is 1050. The lowest BCUT2D eigenvalue weighted by Gasteiger charge is -2.11. The summed E-state index contributed by atoms with van der Waals surface area (Å²) >= 11 is 7.69. The molecule has 1 aliphatic heterocycles. The van der Waals surface area contributed by atoms with Gasteiger partial charge in [-0.25, -0.2) is 9.79 Å². The lowest BCUT2D eigenvalue weighted by atomic mass is 10.1. The van der Waals surface area contributed by atoms with Gasteiger partial charge in [0, 0.05) is 20.5 Å². The fraction of sp³-hybridized carbons (Fsp3) is 0.105. The number of hydrogen-bond donors (Lipinski definition) is 0. The summed E-state index contributed by atoms with van der Waals surface area (Å²) < 4.78 is 18.4. The van der Waals surface area contributed by atoms with Gasteiger partial charge in [0.25, 0.3) is 0 Å². The Morgan fingerprint density at radius 2 is 1.96 bits per heavy atom. The summed E-state index contributed by atoms with van der Waals surface area (Å²) in [6, 6.07) is 9.00. The van der Waals surface area contributed by atoms with Gasteiger partial charge in [0.05, 0.1) is 10.7 Å². The van der Waals surface area contributed by atoms with Crippen LogP contribution in [0.5, 0.6) is 11.5 Å². The first-order valence-corrected chi connectivity index (χ1v) is 10.8. The first-order chi connectivity index (χ1) is 13.3. The zero-order chi connectivity index (χ0) is 20.4. The Morgan fingerprint density at radius 1 is 1.21 bits per heavy atom. The molecule has 0 bridgehead atoms. The molecule has 1 aliphatic rings. The molecule has 0 atom stereocenters. The maximum Gasteiger partial charge on any atom is 0.363 e. The summed E-state index contributed by atoms with van der Waals surface area (Å²) in [5.41, 5.74) is 1.53. The van der Waals surface area contributed by atoms with E-state index in [-0.39, 0.29) is 11.6 Å². The molecule has 2 aromatic rings. The molecule has 0 amide bonds. The minimum atomic E-state index is -0.539. The maximum absolute atomic E-state index is 12.2. The molecule has 0 unspecified atom stereocenters. The van der Waals surface area contributed by atoms with E-state index in [4.69, 9.17) is 14.2 Å². The van der Waals surface area contributed by atoms with Crippen LogP contribution in [0, 0.1) is 7.14 Å². The average molecular weight is 668 g/mol. The van der Waals surface area contributed by atoms with E-state index in [9.17, 15) is 9.59 Å². The molecule has 0 radical (unpaired) electrons. The van der Waals surface area contributed by atoms with Gasteiger partial charge in [-0.05, 0) is 103 Å². The van der Waals surface area contributed by atoms with Crippen molar-refractivity contribution in [1.29, 1.82) is 0 Å². The summed E-state index contributed by atoms with van der Waals surface area (Å²) in [7, 11) is 1.48. The molecule has 2 aromatic carbocycles. The third kappa shape index (κ3) is 4.74. The monoisotopic (exact) mass is 667 g/mol. The highest BCUT2D eigenvalue weighted by atomic mass is 127. The summed E-state index contributed by atoms with van der Waals surface area (Å²) in [5.74, 6) is -0.0281. The van der Waals surface area contributed by atoms with Crippen LogP contribution < -0.4 is 9.47 Å². The largest absolute Gasteiger partial charge is 0.493 e. The molecule has 6 nitrogen and oxygen atoms in total. The average Bonchev–Trinajstić information content (AvgIpc) is 2.99.